The zero-order valence-corrected chi connectivity index (χ0v) is 7.97. The predicted molar refractivity (Wildman–Crippen MR) is 49.6 cm³/mol. The van der Waals surface area contributed by atoms with Crippen LogP contribution in [0, 0.1) is 0 Å². The number of rotatable bonds is 0. The molecule has 2 nitrogen and oxygen atoms in total. The first kappa shape index (κ1) is 10.2. The van der Waals surface area contributed by atoms with E-state index in [1.807, 2.05) is 0 Å². The standard InChI is InChI=1S/C9H4ClF3N2/c10-8-6-4-14-2-1-5(6)3-7(15-8)9(11,12)13/h1-4H. The van der Waals surface area contributed by atoms with Crippen LogP contribution >= 0.6 is 11.6 Å². The lowest BCUT2D eigenvalue weighted by Crippen LogP contribution is -2.07. The molecule has 0 saturated heterocycles. The van der Waals surface area contributed by atoms with Gasteiger partial charge >= 0.3 is 6.18 Å². The van der Waals surface area contributed by atoms with Gasteiger partial charge in [-0.05, 0) is 17.5 Å². The summed E-state index contributed by atoms with van der Waals surface area (Å²) < 4.78 is 37.1. The molecule has 0 spiro atoms. The highest BCUT2D eigenvalue weighted by Crippen LogP contribution is 2.31. The maximum atomic E-state index is 12.4. The molecular weight excluding hydrogens is 229 g/mol. The molecule has 2 aromatic rings. The summed E-state index contributed by atoms with van der Waals surface area (Å²) in [6.07, 6.45) is -1.70. The molecule has 6 heteroatoms. The normalized spacial score (nSPS) is 12.0. The van der Waals surface area contributed by atoms with Gasteiger partial charge in [0.25, 0.3) is 0 Å². The van der Waals surface area contributed by atoms with Crippen LogP contribution in [0.3, 0.4) is 0 Å². The van der Waals surface area contributed by atoms with Crippen LogP contribution in [-0.2, 0) is 6.18 Å². The van der Waals surface area contributed by atoms with Gasteiger partial charge in [-0.2, -0.15) is 13.2 Å². The molecule has 0 aliphatic heterocycles. The molecule has 2 aromatic heterocycles. The molecule has 15 heavy (non-hydrogen) atoms. The Morgan fingerprint density at radius 3 is 2.67 bits per heavy atom. The Labute approximate surface area is 87.7 Å². The number of pyridine rings is 2. The van der Waals surface area contributed by atoms with Gasteiger partial charge in [0.2, 0.25) is 0 Å². The molecule has 0 saturated carbocycles. The summed E-state index contributed by atoms with van der Waals surface area (Å²) in [5.74, 6) is 0. The van der Waals surface area contributed by atoms with Crippen LogP contribution in [0.1, 0.15) is 5.69 Å². The predicted octanol–water partition coefficient (Wildman–Crippen LogP) is 3.30. The van der Waals surface area contributed by atoms with Gasteiger partial charge < -0.3 is 0 Å². The second-order valence-corrected chi connectivity index (χ2v) is 3.25. The molecule has 0 amide bonds. The van der Waals surface area contributed by atoms with Gasteiger partial charge in [0.05, 0.1) is 0 Å². The Bertz CT molecular complexity index is 510. The van der Waals surface area contributed by atoms with Gasteiger partial charge in [-0.3, -0.25) is 4.98 Å². The van der Waals surface area contributed by atoms with Crippen LogP contribution in [0.4, 0.5) is 13.2 Å². The number of aromatic nitrogens is 2. The van der Waals surface area contributed by atoms with E-state index in [9.17, 15) is 13.2 Å². The fourth-order valence-corrected chi connectivity index (χ4v) is 1.44. The van der Waals surface area contributed by atoms with Gasteiger partial charge in [0.15, 0.2) is 0 Å². The molecule has 2 heterocycles. The number of hydrogen-bond acceptors (Lipinski definition) is 2. The van der Waals surface area contributed by atoms with Crippen molar-refractivity contribution in [2.24, 2.45) is 0 Å². The van der Waals surface area contributed by atoms with E-state index in [-0.39, 0.29) is 5.15 Å². The smallest absolute Gasteiger partial charge is 0.264 e. The summed E-state index contributed by atoms with van der Waals surface area (Å²) >= 11 is 5.62. The third-order valence-corrected chi connectivity index (χ3v) is 2.17. The second kappa shape index (κ2) is 3.34. The van der Waals surface area contributed by atoms with Gasteiger partial charge in [-0.25, -0.2) is 4.98 Å². The van der Waals surface area contributed by atoms with E-state index in [0.29, 0.717) is 10.8 Å². The van der Waals surface area contributed by atoms with Crippen LogP contribution in [0.15, 0.2) is 24.5 Å². The van der Waals surface area contributed by atoms with Gasteiger partial charge in [0, 0.05) is 17.8 Å². The van der Waals surface area contributed by atoms with E-state index < -0.39 is 11.9 Å². The summed E-state index contributed by atoms with van der Waals surface area (Å²) in [6, 6.07) is 2.40. The zero-order valence-electron chi connectivity index (χ0n) is 7.22. The van der Waals surface area contributed by atoms with Crippen molar-refractivity contribution in [3.8, 4) is 0 Å². The minimum absolute atomic E-state index is 0.187. The SMILES string of the molecule is FC(F)(F)c1cc2ccncc2c(Cl)n1. The van der Waals surface area contributed by atoms with Crippen LogP contribution in [0.2, 0.25) is 5.15 Å². The zero-order chi connectivity index (χ0) is 11.1. The van der Waals surface area contributed by atoms with E-state index in [1.165, 1.54) is 18.5 Å². The second-order valence-electron chi connectivity index (χ2n) is 2.89. The molecule has 0 radical (unpaired) electrons. The Morgan fingerprint density at radius 1 is 1.27 bits per heavy atom. The quantitative estimate of drug-likeness (QED) is 0.652. The van der Waals surface area contributed by atoms with E-state index in [2.05, 4.69) is 9.97 Å². The molecule has 0 bridgehead atoms. The average molecular weight is 233 g/mol. The van der Waals surface area contributed by atoms with Crippen molar-refractivity contribution in [2.45, 2.75) is 6.18 Å². The maximum absolute atomic E-state index is 12.4. The Morgan fingerprint density at radius 2 is 2.00 bits per heavy atom. The molecule has 2 rings (SSSR count). The summed E-state index contributed by atoms with van der Waals surface area (Å²) in [5.41, 5.74) is -0.994. The molecule has 0 aliphatic carbocycles. The first-order valence-electron chi connectivity index (χ1n) is 3.96. The van der Waals surface area contributed by atoms with Crippen LogP contribution in [-0.4, -0.2) is 9.97 Å². The van der Waals surface area contributed by atoms with E-state index in [4.69, 9.17) is 11.6 Å². The van der Waals surface area contributed by atoms with Crippen molar-refractivity contribution in [1.29, 1.82) is 0 Å². The minimum atomic E-state index is -4.49. The van der Waals surface area contributed by atoms with Crippen molar-refractivity contribution >= 4 is 22.4 Å². The highest BCUT2D eigenvalue weighted by molar-refractivity contribution is 6.34. The minimum Gasteiger partial charge on any atom is -0.264 e. The number of halogens is 4. The lowest BCUT2D eigenvalue weighted by Gasteiger charge is -2.07. The van der Waals surface area contributed by atoms with E-state index in [0.717, 1.165) is 6.07 Å². The highest BCUT2D eigenvalue weighted by atomic mass is 35.5. The molecule has 0 atom stereocenters. The first-order chi connectivity index (χ1) is 6.98. The fraction of sp³-hybridized carbons (Fsp3) is 0.111. The summed E-state index contributed by atoms with van der Waals surface area (Å²) in [6.45, 7) is 0. The lowest BCUT2D eigenvalue weighted by molar-refractivity contribution is -0.141. The first-order valence-corrected chi connectivity index (χ1v) is 4.34. The van der Waals surface area contributed by atoms with Crippen LogP contribution in [0.25, 0.3) is 10.8 Å². The topological polar surface area (TPSA) is 25.8 Å². The van der Waals surface area contributed by atoms with E-state index in [1.54, 1.807) is 0 Å². The van der Waals surface area contributed by atoms with Gasteiger partial charge in [-0.15, -0.1) is 0 Å². The third kappa shape index (κ3) is 1.87. The van der Waals surface area contributed by atoms with Gasteiger partial charge in [-0.1, -0.05) is 11.6 Å². The lowest BCUT2D eigenvalue weighted by atomic mass is 10.2. The highest BCUT2D eigenvalue weighted by Gasteiger charge is 2.33. The number of alkyl halides is 3. The monoisotopic (exact) mass is 232 g/mol. The van der Waals surface area contributed by atoms with Crippen molar-refractivity contribution in [3.05, 3.63) is 35.4 Å². The van der Waals surface area contributed by atoms with Crippen molar-refractivity contribution < 1.29 is 13.2 Å². The maximum Gasteiger partial charge on any atom is 0.433 e. The average Bonchev–Trinajstić information content (AvgIpc) is 2.16. The molecule has 78 valence electrons. The van der Waals surface area contributed by atoms with Crippen molar-refractivity contribution in [2.75, 3.05) is 0 Å². The molecule has 0 aromatic carbocycles. The van der Waals surface area contributed by atoms with E-state index >= 15 is 0 Å². The van der Waals surface area contributed by atoms with Crippen molar-refractivity contribution in [3.63, 3.8) is 0 Å². The summed E-state index contributed by atoms with van der Waals surface area (Å²) in [7, 11) is 0. The largest absolute Gasteiger partial charge is 0.433 e. The van der Waals surface area contributed by atoms with Crippen molar-refractivity contribution in [1.82, 2.24) is 9.97 Å². The van der Waals surface area contributed by atoms with Gasteiger partial charge in [0.1, 0.15) is 10.8 Å². The fourth-order valence-electron chi connectivity index (χ4n) is 1.19. The summed E-state index contributed by atoms with van der Waals surface area (Å²) in [4.78, 5) is 7.03. The number of nitrogens with zero attached hydrogens (tertiary/aromatic N) is 2. The Balaban J connectivity index is 2.73. The van der Waals surface area contributed by atoms with Crippen LogP contribution in [0.5, 0.6) is 0 Å². The number of fused-ring (bicyclic) bond motifs is 1. The molecule has 0 N–H and O–H groups in total. The molecule has 0 aliphatic rings. The molecule has 0 fully saturated rings. The third-order valence-electron chi connectivity index (χ3n) is 1.88. The Hall–Kier alpha value is -1.36. The molecule has 0 unspecified atom stereocenters. The molecular formula is C9H4ClF3N2. The Kier molecular flexibility index (Phi) is 2.26. The summed E-state index contributed by atoms with van der Waals surface area (Å²) in [5, 5.41) is 0.595. The van der Waals surface area contributed by atoms with Crippen LogP contribution < -0.4 is 0 Å². The number of hydrogen-bond donors (Lipinski definition) is 0.